The van der Waals surface area contributed by atoms with Crippen LogP contribution in [-0.2, 0) is 11.2 Å². The molecule has 0 N–H and O–H groups in total. The van der Waals surface area contributed by atoms with E-state index in [9.17, 15) is 4.79 Å². The Hall–Kier alpha value is -2.69. The van der Waals surface area contributed by atoms with E-state index in [-0.39, 0.29) is 18.4 Å². The van der Waals surface area contributed by atoms with E-state index in [0.717, 1.165) is 22.4 Å². The maximum Gasteiger partial charge on any atom is 0.232 e. The summed E-state index contributed by atoms with van der Waals surface area (Å²) in [6.07, 6.45) is 0.272. The Labute approximate surface area is 192 Å². The molecule has 1 aliphatic heterocycles. The summed E-state index contributed by atoms with van der Waals surface area (Å²) in [6.45, 7) is 4.91. The van der Waals surface area contributed by atoms with Crippen LogP contribution in [0.4, 0.5) is 5.69 Å². The Morgan fingerprint density at radius 2 is 1.42 bits per heavy atom. The Bertz CT molecular complexity index is 1080. The number of fused-ring (bicyclic) bond motifs is 1. The number of hydrogen-bond acceptors (Lipinski definition) is 3. The topological polar surface area (TPSA) is 38.8 Å². The zero-order chi connectivity index (χ0) is 22.0. The molecule has 3 aromatic carbocycles. The van der Waals surface area contributed by atoms with Crippen LogP contribution in [0.1, 0.15) is 36.6 Å². The highest BCUT2D eigenvalue weighted by molar-refractivity contribution is 6.30. The Kier molecular flexibility index (Phi) is 6.40. The first kappa shape index (κ1) is 21.5. The fraction of sp³-hybridized carbons (Fsp3) is 0.240. The number of rotatable bonds is 6. The van der Waals surface area contributed by atoms with E-state index in [0.29, 0.717) is 34.8 Å². The molecule has 0 aromatic heterocycles. The average Bonchev–Trinajstić information content (AvgIpc) is 2.75. The third-order valence-corrected chi connectivity index (χ3v) is 5.76. The number of carbonyl (C=O) groups excluding carboxylic acids is 1. The third-order valence-electron chi connectivity index (χ3n) is 5.26. The van der Waals surface area contributed by atoms with Crippen molar-refractivity contribution in [3.8, 4) is 11.5 Å². The number of amides is 1. The van der Waals surface area contributed by atoms with Crippen LogP contribution in [0.2, 0.25) is 10.0 Å². The van der Waals surface area contributed by atoms with Crippen LogP contribution >= 0.6 is 23.2 Å². The summed E-state index contributed by atoms with van der Waals surface area (Å²) in [7, 11) is 0. The van der Waals surface area contributed by atoms with Crippen molar-refractivity contribution in [2.24, 2.45) is 0 Å². The fourth-order valence-electron chi connectivity index (χ4n) is 3.96. The normalized spacial score (nSPS) is 15.5. The predicted molar refractivity (Wildman–Crippen MR) is 125 cm³/mol. The van der Waals surface area contributed by atoms with Gasteiger partial charge in [-0.2, -0.15) is 0 Å². The van der Waals surface area contributed by atoms with E-state index in [1.54, 1.807) is 12.1 Å². The molecule has 6 heteroatoms. The smallest absolute Gasteiger partial charge is 0.232 e. The molecule has 4 nitrogen and oxygen atoms in total. The van der Waals surface area contributed by atoms with E-state index in [1.807, 2.05) is 67.3 Å². The minimum Gasteiger partial charge on any atom is -0.490 e. The van der Waals surface area contributed by atoms with Gasteiger partial charge in [0.15, 0.2) is 11.5 Å². The van der Waals surface area contributed by atoms with E-state index in [2.05, 4.69) is 0 Å². The van der Waals surface area contributed by atoms with E-state index >= 15 is 0 Å². The summed E-state index contributed by atoms with van der Waals surface area (Å²) in [5.74, 6) is 1.33. The molecule has 0 spiro atoms. The number of halogens is 2. The van der Waals surface area contributed by atoms with Gasteiger partial charge in [0.1, 0.15) is 0 Å². The van der Waals surface area contributed by atoms with Gasteiger partial charge in [-0.15, -0.1) is 0 Å². The minimum absolute atomic E-state index is 0.00128. The molecule has 1 heterocycles. The van der Waals surface area contributed by atoms with E-state index in [4.69, 9.17) is 32.7 Å². The van der Waals surface area contributed by atoms with Crippen LogP contribution in [0.15, 0.2) is 60.7 Å². The molecule has 1 atom stereocenters. The average molecular weight is 456 g/mol. The highest BCUT2D eigenvalue weighted by Crippen LogP contribution is 2.43. The molecule has 1 amide bonds. The SMILES string of the molecule is CCOc1cc2c(cc1OCC)[C@H](c1ccc(Cl)cc1)N(c1ccc(Cl)cc1)C(=O)C2. The number of hydrogen-bond donors (Lipinski definition) is 0. The maximum absolute atomic E-state index is 13.4. The Balaban J connectivity index is 1.91. The van der Waals surface area contributed by atoms with Crippen LogP contribution in [-0.4, -0.2) is 19.1 Å². The van der Waals surface area contributed by atoms with Crippen molar-refractivity contribution >= 4 is 34.8 Å². The molecular formula is C25H23Cl2NO3. The maximum atomic E-state index is 13.4. The first-order chi connectivity index (χ1) is 15.0. The number of carbonyl (C=O) groups is 1. The molecular weight excluding hydrogens is 433 g/mol. The van der Waals surface area contributed by atoms with Crippen LogP contribution in [0.25, 0.3) is 0 Å². The van der Waals surface area contributed by atoms with Crippen molar-refractivity contribution in [1.29, 1.82) is 0 Å². The Morgan fingerprint density at radius 3 is 2.00 bits per heavy atom. The molecule has 31 heavy (non-hydrogen) atoms. The molecule has 160 valence electrons. The molecule has 0 saturated heterocycles. The second-order valence-corrected chi connectivity index (χ2v) is 8.11. The quantitative estimate of drug-likeness (QED) is 0.427. The Morgan fingerprint density at radius 1 is 0.871 bits per heavy atom. The van der Waals surface area contributed by atoms with Gasteiger partial charge in [0.05, 0.1) is 25.7 Å². The van der Waals surface area contributed by atoms with Crippen LogP contribution < -0.4 is 14.4 Å². The summed E-state index contributed by atoms with van der Waals surface area (Å²) in [4.78, 5) is 15.2. The molecule has 4 rings (SSSR count). The second-order valence-electron chi connectivity index (χ2n) is 7.23. The number of anilines is 1. The monoisotopic (exact) mass is 455 g/mol. The minimum atomic E-state index is -0.329. The van der Waals surface area contributed by atoms with Crippen molar-refractivity contribution in [2.45, 2.75) is 26.3 Å². The molecule has 0 radical (unpaired) electrons. The lowest BCUT2D eigenvalue weighted by molar-refractivity contribution is -0.118. The largest absolute Gasteiger partial charge is 0.490 e. The lowest BCUT2D eigenvalue weighted by Gasteiger charge is -2.38. The summed E-state index contributed by atoms with van der Waals surface area (Å²) < 4.78 is 11.7. The zero-order valence-corrected chi connectivity index (χ0v) is 18.9. The molecule has 0 aliphatic carbocycles. The van der Waals surface area contributed by atoms with E-state index < -0.39 is 0 Å². The third kappa shape index (κ3) is 4.36. The van der Waals surface area contributed by atoms with Gasteiger partial charge < -0.3 is 14.4 Å². The number of nitrogens with zero attached hydrogens (tertiary/aromatic N) is 1. The van der Waals surface area contributed by atoms with Crippen molar-refractivity contribution in [2.75, 3.05) is 18.1 Å². The lowest BCUT2D eigenvalue weighted by atomic mass is 9.87. The zero-order valence-electron chi connectivity index (χ0n) is 17.4. The highest BCUT2D eigenvalue weighted by atomic mass is 35.5. The van der Waals surface area contributed by atoms with Crippen molar-refractivity contribution in [3.63, 3.8) is 0 Å². The van der Waals surface area contributed by atoms with Gasteiger partial charge in [-0.3, -0.25) is 4.79 Å². The molecule has 3 aromatic rings. The summed E-state index contributed by atoms with van der Waals surface area (Å²) in [6, 6.07) is 18.5. The molecule has 0 fully saturated rings. The predicted octanol–water partition coefficient (Wildman–Crippen LogP) is 6.47. The molecule has 0 unspecified atom stereocenters. The second kappa shape index (κ2) is 9.21. The van der Waals surface area contributed by atoms with Crippen molar-refractivity contribution < 1.29 is 14.3 Å². The standard InChI is InChI=1S/C25H23Cl2NO3/c1-3-30-22-13-17-14-24(29)28(20-11-9-19(27)10-12-20)25(16-5-7-18(26)8-6-16)21(17)15-23(22)31-4-2/h5-13,15,25H,3-4,14H2,1-2H3/t25-/m0/s1. The number of ether oxygens (including phenoxy) is 2. The van der Waals surface area contributed by atoms with Gasteiger partial charge in [0.25, 0.3) is 0 Å². The lowest BCUT2D eigenvalue weighted by Crippen LogP contribution is -2.41. The van der Waals surface area contributed by atoms with Gasteiger partial charge in [-0.25, -0.2) is 0 Å². The fourth-order valence-corrected chi connectivity index (χ4v) is 4.21. The summed E-state index contributed by atoms with van der Waals surface area (Å²) in [5, 5.41) is 1.27. The van der Waals surface area contributed by atoms with Gasteiger partial charge >= 0.3 is 0 Å². The van der Waals surface area contributed by atoms with E-state index in [1.165, 1.54) is 0 Å². The van der Waals surface area contributed by atoms with Crippen molar-refractivity contribution in [3.05, 3.63) is 87.4 Å². The van der Waals surface area contributed by atoms with Crippen LogP contribution in [0, 0.1) is 0 Å². The highest BCUT2D eigenvalue weighted by Gasteiger charge is 2.36. The number of benzene rings is 3. The van der Waals surface area contributed by atoms with Gasteiger partial charge in [-0.05, 0) is 79.1 Å². The van der Waals surface area contributed by atoms with Crippen LogP contribution in [0.5, 0.6) is 11.5 Å². The summed E-state index contributed by atoms with van der Waals surface area (Å²) >= 11 is 12.2. The van der Waals surface area contributed by atoms with Gasteiger partial charge in [0.2, 0.25) is 5.91 Å². The van der Waals surface area contributed by atoms with Crippen LogP contribution in [0.3, 0.4) is 0 Å². The first-order valence-corrected chi connectivity index (χ1v) is 11.0. The summed E-state index contributed by atoms with van der Waals surface area (Å²) in [5.41, 5.74) is 3.68. The van der Waals surface area contributed by atoms with Crippen molar-refractivity contribution in [1.82, 2.24) is 0 Å². The van der Waals surface area contributed by atoms with Gasteiger partial charge in [0, 0.05) is 15.7 Å². The molecule has 0 saturated carbocycles. The van der Waals surface area contributed by atoms with Gasteiger partial charge in [-0.1, -0.05) is 35.3 Å². The first-order valence-electron chi connectivity index (χ1n) is 10.3. The molecule has 1 aliphatic rings. The molecule has 0 bridgehead atoms.